The van der Waals surface area contributed by atoms with Gasteiger partial charge in [0.05, 0.1) is 11.4 Å². The van der Waals surface area contributed by atoms with Crippen LogP contribution in [0.25, 0.3) is 32.3 Å². The van der Waals surface area contributed by atoms with Crippen LogP contribution in [0.15, 0.2) is 54.6 Å². The van der Waals surface area contributed by atoms with Gasteiger partial charge in [0.15, 0.2) is 0 Å². The van der Waals surface area contributed by atoms with Crippen molar-refractivity contribution in [3.63, 3.8) is 0 Å². The number of hydrogen-bond acceptors (Lipinski definition) is 1. The van der Waals surface area contributed by atoms with E-state index in [9.17, 15) is 0 Å². The highest BCUT2D eigenvalue weighted by atomic mass is 15.2. The molecule has 0 saturated heterocycles. The third kappa shape index (κ3) is 1.41. The Bertz CT molecular complexity index is 1060. The normalized spacial score (nSPS) is 13.1. The monoisotopic (exact) mass is 269 g/mol. The summed E-state index contributed by atoms with van der Waals surface area (Å²) in [7, 11) is 2.14. The maximum atomic E-state index is 2.33. The molecule has 4 aromatic rings. The Kier molecular flexibility index (Phi) is 1.89. The van der Waals surface area contributed by atoms with Gasteiger partial charge >= 0.3 is 0 Å². The molecule has 0 fully saturated rings. The maximum absolute atomic E-state index is 2.33. The van der Waals surface area contributed by atoms with Gasteiger partial charge in [0, 0.05) is 12.4 Å². The quantitative estimate of drug-likeness (QED) is 0.230. The second-order valence-electron chi connectivity index (χ2n) is 6.08. The zero-order valence-corrected chi connectivity index (χ0v) is 12.1. The van der Waals surface area contributed by atoms with E-state index < -0.39 is 0 Å². The van der Waals surface area contributed by atoms with E-state index in [1.807, 2.05) is 0 Å². The van der Waals surface area contributed by atoms with Gasteiger partial charge in [-0.2, -0.15) is 0 Å². The minimum Gasteiger partial charge on any atom is -0.341 e. The predicted molar refractivity (Wildman–Crippen MR) is 91.8 cm³/mol. The molecule has 1 heteroatoms. The van der Waals surface area contributed by atoms with E-state index in [4.69, 9.17) is 0 Å². The zero-order valence-electron chi connectivity index (χ0n) is 12.1. The first-order valence-electron chi connectivity index (χ1n) is 7.36. The van der Waals surface area contributed by atoms with Gasteiger partial charge in [-0.05, 0) is 52.1 Å². The fraction of sp³-hybridized carbons (Fsp3) is 0.100. The lowest BCUT2D eigenvalue weighted by Gasteiger charge is -2.06. The molecule has 1 aliphatic heterocycles. The largest absolute Gasteiger partial charge is 0.341 e. The highest BCUT2D eigenvalue weighted by Gasteiger charge is 2.27. The number of rotatable bonds is 0. The van der Waals surface area contributed by atoms with Crippen LogP contribution >= 0.6 is 0 Å². The minimum atomic E-state index is 1.31. The molecule has 0 atom stereocenters. The maximum Gasteiger partial charge on any atom is 0.0729 e. The molecule has 0 radical (unpaired) electrons. The van der Waals surface area contributed by atoms with E-state index in [-0.39, 0.29) is 0 Å². The third-order valence-electron chi connectivity index (χ3n) is 4.73. The molecule has 0 spiro atoms. The third-order valence-corrected chi connectivity index (χ3v) is 4.73. The van der Waals surface area contributed by atoms with E-state index in [1.54, 1.807) is 0 Å². The average Bonchev–Trinajstić information content (AvgIpc) is 3.16. The smallest absolute Gasteiger partial charge is 0.0729 e. The van der Waals surface area contributed by atoms with Crippen molar-refractivity contribution in [2.45, 2.75) is 6.92 Å². The van der Waals surface area contributed by atoms with Crippen molar-refractivity contribution >= 4 is 43.7 Å². The summed E-state index contributed by atoms with van der Waals surface area (Å²) in [4.78, 5) is 2.26. The Hall–Kier alpha value is -2.54. The van der Waals surface area contributed by atoms with Crippen molar-refractivity contribution in [1.29, 1.82) is 0 Å². The summed E-state index contributed by atoms with van der Waals surface area (Å²) in [5.74, 6) is 0. The number of anilines is 2. The average molecular weight is 269 g/mol. The van der Waals surface area contributed by atoms with Gasteiger partial charge in [0.25, 0.3) is 0 Å². The Morgan fingerprint density at radius 2 is 1.48 bits per heavy atom. The number of hydrogen-bond donors (Lipinski definition) is 0. The molecule has 0 N–H and O–H groups in total. The zero-order chi connectivity index (χ0) is 14.1. The summed E-state index contributed by atoms with van der Waals surface area (Å²) in [6.45, 7) is 2.15. The van der Waals surface area contributed by atoms with Crippen LogP contribution in [0.1, 0.15) is 5.56 Å². The number of benzene rings is 4. The van der Waals surface area contributed by atoms with Crippen molar-refractivity contribution in [1.82, 2.24) is 0 Å². The molecular formula is C20H15N. The molecule has 1 heterocycles. The molecule has 0 unspecified atom stereocenters. The fourth-order valence-corrected chi connectivity index (χ4v) is 3.53. The van der Waals surface area contributed by atoms with Crippen molar-refractivity contribution in [2.75, 3.05) is 11.9 Å². The molecule has 0 amide bonds. The van der Waals surface area contributed by atoms with Gasteiger partial charge in [-0.1, -0.05) is 42.0 Å². The Morgan fingerprint density at radius 1 is 0.667 bits per heavy atom. The van der Waals surface area contributed by atoms with E-state index >= 15 is 0 Å². The molecular weight excluding hydrogens is 254 g/mol. The minimum absolute atomic E-state index is 1.31. The van der Waals surface area contributed by atoms with Crippen molar-refractivity contribution < 1.29 is 0 Å². The first-order valence-corrected chi connectivity index (χ1v) is 7.36. The van der Waals surface area contributed by atoms with Crippen LogP contribution in [-0.4, -0.2) is 7.05 Å². The van der Waals surface area contributed by atoms with Crippen molar-refractivity contribution in [3.05, 3.63) is 60.2 Å². The lowest BCUT2D eigenvalue weighted by atomic mass is 9.97. The predicted octanol–water partition coefficient (Wildman–Crippen LogP) is 5.54. The molecule has 5 rings (SSSR count). The topological polar surface area (TPSA) is 3.01 Å². The highest BCUT2D eigenvalue weighted by Crippen LogP contribution is 2.52. The molecule has 1 nitrogen and oxygen atoms in total. The van der Waals surface area contributed by atoms with Gasteiger partial charge in [-0.25, -0.2) is 0 Å². The summed E-state index contributed by atoms with van der Waals surface area (Å²) < 4.78 is 0. The molecule has 21 heavy (non-hydrogen) atoms. The molecule has 0 saturated carbocycles. The highest BCUT2D eigenvalue weighted by molar-refractivity contribution is 6.21. The number of nitrogens with zero attached hydrogens (tertiary/aromatic N) is 1. The van der Waals surface area contributed by atoms with Crippen LogP contribution in [0.4, 0.5) is 11.4 Å². The molecule has 4 aromatic carbocycles. The van der Waals surface area contributed by atoms with Crippen LogP contribution in [0.5, 0.6) is 0 Å². The first kappa shape index (κ1) is 11.2. The summed E-state index contributed by atoms with van der Waals surface area (Å²) in [6.07, 6.45) is 0. The number of fused-ring (bicyclic) bond motifs is 6. The summed E-state index contributed by atoms with van der Waals surface area (Å²) in [6, 6.07) is 20.3. The van der Waals surface area contributed by atoms with Gasteiger partial charge in [0.2, 0.25) is 0 Å². The van der Waals surface area contributed by atoms with E-state index in [0.717, 1.165) is 0 Å². The van der Waals surface area contributed by atoms with Gasteiger partial charge in [-0.3, -0.25) is 0 Å². The van der Waals surface area contributed by atoms with Gasteiger partial charge in [0.1, 0.15) is 0 Å². The fourth-order valence-electron chi connectivity index (χ4n) is 3.53. The van der Waals surface area contributed by atoms with Crippen LogP contribution in [0.3, 0.4) is 0 Å². The molecule has 0 aromatic heterocycles. The van der Waals surface area contributed by atoms with Gasteiger partial charge < -0.3 is 4.90 Å². The molecule has 1 aliphatic rings. The van der Waals surface area contributed by atoms with Crippen LogP contribution in [0.2, 0.25) is 0 Å². The second-order valence-corrected chi connectivity index (χ2v) is 6.08. The first-order chi connectivity index (χ1) is 10.2. The SMILES string of the molecule is Cc1ccc2cc3c(ccc4c5c(ccc43)N5C)cc2c1. The summed E-state index contributed by atoms with van der Waals surface area (Å²) in [5, 5.41) is 8.05. The van der Waals surface area contributed by atoms with Crippen molar-refractivity contribution in [2.24, 2.45) is 0 Å². The summed E-state index contributed by atoms with van der Waals surface area (Å²) >= 11 is 0. The standard InChI is InChI=1S/C20H15N/c1-12-3-4-13-11-18-14(10-15(13)9-12)5-6-17-16(18)7-8-19-20(17)21(19)2/h3-11H,1-2H3. The van der Waals surface area contributed by atoms with Crippen LogP contribution < -0.4 is 4.90 Å². The van der Waals surface area contributed by atoms with Crippen molar-refractivity contribution in [3.8, 4) is 0 Å². The van der Waals surface area contributed by atoms with E-state index in [1.165, 1.54) is 49.3 Å². The Balaban J connectivity index is 1.95. The Labute approximate surface area is 123 Å². The molecule has 0 bridgehead atoms. The lowest BCUT2D eigenvalue weighted by Crippen LogP contribution is -1.83. The van der Waals surface area contributed by atoms with Crippen LogP contribution in [-0.2, 0) is 0 Å². The lowest BCUT2D eigenvalue weighted by molar-refractivity contribution is 1.42. The molecule has 0 aliphatic carbocycles. The van der Waals surface area contributed by atoms with Crippen LogP contribution in [0, 0.1) is 6.92 Å². The summed E-state index contributed by atoms with van der Waals surface area (Å²) in [5.41, 5.74) is 4.06. The van der Waals surface area contributed by atoms with Gasteiger partial charge in [-0.15, -0.1) is 0 Å². The second kappa shape index (κ2) is 3.56. The van der Waals surface area contributed by atoms with E-state index in [2.05, 4.69) is 73.5 Å². The number of aryl methyl sites for hydroxylation is 1. The molecule has 100 valence electrons. The van der Waals surface area contributed by atoms with E-state index in [0.29, 0.717) is 0 Å². The Morgan fingerprint density at radius 3 is 2.38 bits per heavy atom.